The molecule has 1 aliphatic rings. The summed E-state index contributed by atoms with van der Waals surface area (Å²) < 4.78 is 1.34. The van der Waals surface area contributed by atoms with Crippen LogP contribution in [0.4, 0.5) is 0 Å². The number of aromatic nitrogens is 4. The van der Waals surface area contributed by atoms with Crippen molar-refractivity contribution in [3.8, 4) is 0 Å². The van der Waals surface area contributed by atoms with E-state index in [9.17, 15) is 4.79 Å². The van der Waals surface area contributed by atoms with Crippen LogP contribution >= 0.6 is 0 Å². The van der Waals surface area contributed by atoms with E-state index in [0.717, 1.165) is 12.8 Å². The van der Waals surface area contributed by atoms with Gasteiger partial charge in [0.05, 0.1) is 6.04 Å². The summed E-state index contributed by atoms with van der Waals surface area (Å²) >= 11 is 0. The van der Waals surface area contributed by atoms with Crippen molar-refractivity contribution in [2.75, 3.05) is 0 Å². The summed E-state index contributed by atoms with van der Waals surface area (Å²) in [6.07, 6.45) is 2.28. The topological polar surface area (TPSA) is 89.1 Å². The van der Waals surface area contributed by atoms with Crippen molar-refractivity contribution in [3.63, 3.8) is 0 Å². The lowest BCUT2D eigenvalue weighted by Gasteiger charge is -2.03. The minimum absolute atomic E-state index is 0.110. The molecular formula is C10H13N5O. The number of H-pyrrole nitrogens is 1. The number of nitrogens with one attached hydrogen (secondary N) is 1. The maximum absolute atomic E-state index is 11.6. The monoisotopic (exact) mass is 219 g/mol. The van der Waals surface area contributed by atoms with E-state index in [4.69, 9.17) is 5.73 Å². The molecule has 6 nitrogen and oxygen atoms in total. The molecule has 2 aromatic heterocycles. The molecule has 0 amide bonds. The largest absolute Gasteiger partial charge is 0.321 e. The lowest BCUT2D eigenvalue weighted by molar-refractivity contribution is 0.592. The molecule has 2 aromatic rings. The molecular weight excluding hydrogens is 206 g/mol. The number of rotatable bonds is 2. The Kier molecular flexibility index (Phi) is 1.88. The highest BCUT2D eigenvalue weighted by Crippen LogP contribution is 2.38. The van der Waals surface area contributed by atoms with Crippen molar-refractivity contribution in [3.05, 3.63) is 27.9 Å². The molecule has 3 rings (SSSR count). The number of aryl methyl sites for hydroxylation is 1. The predicted molar refractivity (Wildman–Crippen MR) is 58.0 cm³/mol. The molecule has 16 heavy (non-hydrogen) atoms. The average Bonchev–Trinajstić information content (AvgIpc) is 2.97. The molecule has 1 fully saturated rings. The Hall–Kier alpha value is -1.69. The SMILES string of the molecule is Cc1cc(=O)n2[nH]c(C(N)C3CC3)nc2n1. The number of hydrogen-bond donors (Lipinski definition) is 2. The van der Waals surface area contributed by atoms with E-state index in [2.05, 4.69) is 15.1 Å². The Morgan fingerprint density at radius 3 is 3.00 bits per heavy atom. The van der Waals surface area contributed by atoms with E-state index in [1.807, 2.05) is 0 Å². The van der Waals surface area contributed by atoms with Crippen molar-refractivity contribution in [2.24, 2.45) is 11.7 Å². The Morgan fingerprint density at radius 1 is 1.56 bits per heavy atom. The lowest BCUT2D eigenvalue weighted by Crippen LogP contribution is -2.17. The number of aromatic amines is 1. The van der Waals surface area contributed by atoms with Gasteiger partial charge in [-0.1, -0.05) is 0 Å². The van der Waals surface area contributed by atoms with E-state index >= 15 is 0 Å². The molecule has 1 aliphatic carbocycles. The van der Waals surface area contributed by atoms with Crippen LogP contribution in [0.1, 0.15) is 30.4 Å². The van der Waals surface area contributed by atoms with Gasteiger partial charge in [0.15, 0.2) is 0 Å². The van der Waals surface area contributed by atoms with Crippen LogP contribution in [-0.2, 0) is 0 Å². The first kappa shape index (κ1) is 9.53. The predicted octanol–water partition coefficient (Wildman–Crippen LogP) is 0.136. The molecule has 1 saturated carbocycles. The first-order valence-electron chi connectivity index (χ1n) is 5.37. The minimum atomic E-state index is -0.149. The van der Waals surface area contributed by atoms with E-state index in [0.29, 0.717) is 23.2 Å². The highest BCUT2D eigenvalue weighted by molar-refractivity contribution is 5.28. The molecule has 0 bridgehead atoms. The van der Waals surface area contributed by atoms with Gasteiger partial charge in [0.25, 0.3) is 11.3 Å². The van der Waals surface area contributed by atoms with Gasteiger partial charge in [-0.2, -0.15) is 9.50 Å². The summed E-state index contributed by atoms with van der Waals surface area (Å²) in [5.41, 5.74) is 6.54. The molecule has 1 atom stereocenters. The van der Waals surface area contributed by atoms with Crippen LogP contribution in [0.2, 0.25) is 0 Å². The van der Waals surface area contributed by atoms with Gasteiger partial charge in [-0.05, 0) is 25.7 Å². The van der Waals surface area contributed by atoms with Gasteiger partial charge in [0.2, 0.25) is 0 Å². The fourth-order valence-electron chi connectivity index (χ4n) is 1.84. The number of nitrogens with zero attached hydrogens (tertiary/aromatic N) is 3. The summed E-state index contributed by atoms with van der Waals surface area (Å²) in [6.45, 7) is 1.77. The zero-order valence-corrected chi connectivity index (χ0v) is 8.97. The van der Waals surface area contributed by atoms with Crippen LogP contribution in [0.25, 0.3) is 5.78 Å². The van der Waals surface area contributed by atoms with Gasteiger partial charge >= 0.3 is 0 Å². The second-order valence-corrected chi connectivity index (χ2v) is 4.34. The van der Waals surface area contributed by atoms with Crippen molar-refractivity contribution < 1.29 is 0 Å². The Labute approximate surface area is 91.5 Å². The van der Waals surface area contributed by atoms with Gasteiger partial charge in [-0.3, -0.25) is 9.89 Å². The van der Waals surface area contributed by atoms with Crippen LogP contribution in [0, 0.1) is 12.8 Å². The third kappa shape index (κ3) is 1.42. The first-order valence-corrected chi connectivity index (χ1v) is 5.37. The van der Waals surface area contributed by atoms with E-state index in [-0.39, 0.29) is 11.6 Å². The fraction of sp³-hybridized carbons (Fsp3) is 0.500. The van der Waals surface area contributed by atoms with Gasteiger partial charge in [0.1, 0.15) is 5.82 Å². The summed E-state index contributed by atoms with van der Waals surface area (Å²) in [5, 5.41) is 2.92. The molecule has 2 heterocycles. The number of hydrogen-bond acceptors (Lipinski definition) is 4. The molecule has 0 radical (unpaired) electrons. The normalized spacial score (nSPS) is 17.9. The van der Waals surface area contributed by atoms with Crippen LogP contribution in [0.5, 0.6) is 0 Å². The molecule has 0 aromatic carbocycles. The molecule has 0 aliphatic heterocycles. The average molecular weight is 219 g/mol. The van der Waals surface area contributed by atoms with Crippen LogP contribution in [0.15, 0.2) is 10.9 Å². The third-order valence-corrected chi connectivity index (χ3v) is 2.92. The van der Waals surface area contributed by atoms with Crippen molar-refractivity contribution in [2.45, 2.75) is 25.8 Å². The highest BCUT2D eigenvalue weighted by atomic mass is 16.1. The number of nitrogens with two attached hydrogens (primary N) is 1. The fourth-order valence-corrected chi connectivity index (χ4v) is 1.84. The highest BCUT2D eigenvalue weighted by Gasteiger charge is 2.31. The smallest absolute Gasteiger partial charge is 0.274 e. The summed E-state index contributed by atoms with van der Waals surface area (Å²) in [5.74, 6) is 1.55. The molecule has 0 spiro atoms. The van der Waals surface area contributed by atoms with Gasteiger partial charge < -0.3 is 5.73 Å². The Balaban J connectivity index is 2.14. The summed E-state index contributed by atoms with van der Waals surface area (Å²) in [7, 11) is 0. The molecule has 0 saturated heterocycles. The summed E-state index contributed by atoms with van der Waals surface area (Å²) in [6, 6.07) is 1.36. The zero-order valence-electron chi connectivity index (χ0n) is 8.97. The van der Waals surface area contributed by atoms with Gasteiger partial charge in [-0.25, -0.2) is 4.98 Å². The second kappa shape index (κ2) is 3.15. The number of fused-ring (bicyclic) bond motifs is 1. The van der Waals surface area contributed by atoms with Crippen LogP contribution < -0.4 is 11.3 Å². The standard InChI is InChI=1S/C10H13N5O/c1-5-4-7(16)15-10(12-5)13-9(14-15)8(11)6-2-3-6/h4,6,8H,2-3,11H2,1H3,(H,12,13,14). The Bertz CT molecular complexity index is 595. The van der Waals surface area contributed by atoms with Crippen LogP contribution in [-0.4, -0.2) is 19.6 Å². The van der Waals surface area contributed by atoms with E-state index in [1.54, 1.807) is 6.92 Å². The maximum atomic E-state index is 11.6. The molecule has 3 N–H and O–H groups in total. The van der Waals surface area contributed by atoms with E-state index in [1.165, 1.54) is 10.6 Å². The van der Waals surface area contributed by atoms with Crippen molar-refractivity contribution in [1.29, 1.82) is 0 Å². The quantitative estimate of drug-likeness (QED) is 0.751. The molecule has 6 heteroatoms. The molecule has 1 unspecified atom stereocenters. The zero-order chi connectivity index (χ0) is 11.3. The second-order valence-electron chi connectivity index (χ2n) is 4.34. The van der Waals surface area contributed by atoms with Crippen LogP contribution in [0.3, 0.4) is 0 Å². The first-order chi connectivity index (χ1) is 7.65. The van der Waals surface area contributed by atoms with Gasteiger partial charge in [0, 0.05) is 11.8 Å². The van der Waals surface area contributed by atoms with Gasteiger partial charge in [-0.15, -0.1) is 0 Å². The van der Waals surface area contributed by atoms with E-state index < -0.39 is 0 Å². The Morgan fingerprint density at radius 2 is 2.31 bits per heavy atom. The van der Waals surface area contributed by atoms with Crippen molar-refractivity contribution >= 4 is 5.78 Å². The maximum Gasteiger partial charge on any atom is 0.274 e. The summed E-state index contributed by atoms with van der Waals surface area (Å²) in [4.78, 5) is 20.1. The third-order valence-electron chi connectivity index (χ3n) is 2.92. The van der Waals surface area contributed by atoms with Crippen molar-refractivity contribution in [1.82, 2.24) is 19.6 Å². The molecule has 84 valence electrons. The lowest BCUT2D eigenvalue weighted by atomic mass is 10.2. The minimum Gasteiger partial charge on any atom is -0.321 e.